The molecular weight excluding hydrogens is 442 g/mol. The highest BCUT2D eigenvalue weighted by Gasteiger charge is 2.28. The van der Waals surface area contributed by atoms with Crippen LogP contribution >= 0.6 is 0 Å². The molecule has 0 aromatic heterocycles. The molecular formula is C24H31N3O5S. The van der Waals surface area contributed by atoms with Gasteiger partial charge in [0.2, 0.25) is 10.0 Å². The smallest absolute Gasteiger partial charge is 0.255 e. The molecule has 2 saturated heterocycles. The summed E-state index contributed by atoms with van der Waals surface area (Å²) in [4.78, 5) is 15.5. The molecule has 178 valence electrons. The van der Waals surface area contributed by atoms with Crippen LogP contribution in [0.1, 0.15) is 35.2 Å². The number of rotatable bonds is 7. The molecule has 2 aliphatic heterocycles. The largest absolute Gasteiger partial charge is 0.380 e. The van der Waals surface area contributed by atoms with Crippen molar-refractivity contribution in [3.8, 4) is 0 Å². The minimum atomic E-state index is -3.68. The number of anilines is 2. The van der Waals surface area contributed by atoms with E-state index in [1.807, 2.05) is 18.2 Å². The van der Waals surface area contributed by atoms with Gasteiger partial charge < -0.3 is 19.7 Å². The number of nitrogens with one attached hydrogen (secondary N) is 1. The predicted octanol–water partition coefficient (Wildman–Crippen LogP) is 3.10. The van der Waals surface area contributed by atoms with Gasteiger partial charge in [0.15, 0.2) is 0 Å². The summed E-state index contributed by atoms with van der Waals surface area (Å²) in [5, 5.41) is 2.98. The third kappa shape index (κ3) is 5.55. The SMILES string of the molecule is COCc1cccc(C(=O)Nc2cc(S(=O)(=O)N3CCOCC3)ccc2N2CCCCC2)c1. The van der Waals surface area contributed by atoms with Crippen molar-refractivity contribution in [1.29, 1.82) is 0 Å². The van der Waals surface area contributed by atoms with Gasteiger partial charge in [0.1, 0.15) is 0 Å². The number of hydrogen-bond donors (Lipinski definition) is 1. The van der Waals surface area contributed by atoms with Crippen LogP contribution in [0.15, 0.2) is 47.4 Å². The van der Waals surface area contributed by atoms with Gasteiger partial charge in [-0.05, 0) is 55.2 Å². The monoisotopic (exact) mass is 473 g/mol. The second-order valence-corrected chi connectivity index (χ2v) is 10.3. The molecule has 0 atom stereocenters. The molecule has 0 spiro atoms. The average molecular weight is 474 g/mol. The molecule has 33 heavy (non-hydrogen) atoms. The zero-order chi connectivity index (χ0) is 23.3. The summed E-state index contributed by atoms with van der Waals surface area (Å²) < 4.78 is 38.4. The van der Waals surface area contributed by atoms with E-state index in [9.17, 15) is 13.2 Å². The Balaban J connectivity index is 1.66. The molecule has 2 aromatic carbocycles. The number of morpholine rings is 1. The molecule has 9 heteroatoms. The van der Waals surface area contributed by atoms with E-state index in [1.165, 1.54) is 10.7 Å². The highest BCUT2D eigenvalue weighted by molar-refractivity contribution is 7.89. The van der Waals surface area contributed by atoms with Gasteiger partial charge >= 0.3 is 0 Å². The maximum atomic E-state index is 13.2. The zero-order valence-electron chi connectivity index (χ0n) is 19.0. The summed E-state index contributed by atoms with van der Waals surface area (Å²) >= 11 is 0. The van der Waals surface area contributed by atoms with Crippen molar-refractivity contribution in [2.75, 3.05) is 56.7 Å². The van der Waals surface area contributed by atoms with Crippen LogP contribution < -0.4 is 10.2 Å². The molecule has 8 nitrogen and oxygen atoms in total. The van der Waals surface area contributed by atoms with E-state index in [2.05, 4.69) is 10.2 Å². The van der Waals surface area contributed by atoms with Gasteiger partial charge in [0, 0.05) is 38.9 Å². The number of carbonyl (C=O) groups is 1. The summed E-state index contributed by atoms with van der Waals surface area (Å²) in [6.45, 7) is 3.57. The molecule has 2 heterocycles. The quantitative estimate of drug-likeness (QED) is 0.665. The zero-order valence-corrected chi connectivity index (χ0v) is 19.8. The van der Waals surface area contributed by atoms with E-state index in [0.717, 1.165) is 37.2 Å². The third-order valence-electron chi connectivity index (χ3n) is 6.02. The Hall–Kier alpha value is -2.46. The second kappa shape index (κ2) is 10.6. The summed E-state index contributed by atoms with van der Waals surface area (Å²) in [6, 6.07) is 12.3. The first kappa shape index (κ1) is 23.7. The fraction of sp³-hybridized carbons (Fsp3) is 0.458. The van der Waals surface area contributed by atoms with Crippen molar-refractivity contribution >= 4 is 27.3 Å². The molecule has 0 radical (unpaired) electrons. The van der Waals surface area contributed by atoms with E-state index in [0.29, 0.717) is 44.2 Å². The van der Waals surface area contributed by atoms with E-state index in [-0.39, 0.29) is 10.8 Å². The number of nitrogens with zero attached hydrogens (tertiary/aromatic N) is 2. The van der Waals surface area contributed by atoms with Crippen molar-refractivity contribution in [1.82, 2.24) is 4.31 Å². The summed E-state index contributed by atoms with van der Waals surface area (Å²) in [6.07, 6.45) is 3.31. The molecule has 1 N–H and O–H groups in total. The summed E-state index contributed by atoms with van der Waals surface area (Å²) in [5.74, 6) is -0.285. The van der Waals surface area contributed by atoms with Gasteiger partial charge in [-0.2, -0.15) is 4.31 Å². The number of piperidine rings is 1. The van der Waals surface area contributed by atoms with E-state index in [4.69, 9.17) is 9.47 Å². The third-order valence-corrected chi connectivity index (χ3v) is 7.92. The lowest BCUT2D eigenvalue weighted by Crippen LogP contribution is -2.40. The Morgan fingerprint density at radius 3 is 2.52 bits per heavy atom. The fourth-order valence-corrected chi connectivity index (χ4v) is 5.72. The van der Waals surface area contributed by atoms with Crippen LogP contribution in [0.2, 0.25) is 0 Å². The first-order valence-electron chi connectivity index (χ1n) is 11.3. The molecule has 0 aliphatic carbocycles. The van der Waals surface area contributed by atoms with Gasteiger partial charge in [-0.25, -0.2) is 8.42 Å². The highest BCUT2D eigenvalue weighted by Crippen LogP contribution is 2.32. The topological polar surface area (TPSA) is 88.2 Å². The van der Waals surface area contributed by atoms with Crippen LogP contribution in [0.5, 0.6) is 0 Å². The normalized spacial score (nSPS) is 17.7. The van der Waals surface area contributed by atoms with Crippen LogP contribution in [-0.4, -0.2) is 65.1 Å². The van der Waals surface area contributed by atoms with Gasteiger partial charge in [-0.15, -0.1) is 0 Å². The van der Waals surface area contributed by atoms with E-state index < -0.39 is 10.0 Å². The molecule has 2 aromatic rings. The lowest BCUT2D eigenvalue weighted by atomic mass is 10.1. The Morgan fingerprint density at radius 1 is 1.03 bits per heavy atom. The van der Waals surface area contributed by atoms with Crippen LogP contribution in [-0.2, 0) is 26.1 Å². The summed E-state index contributed by atoms with van der Waals surface area (Å²) in [7, 11) is -2.07. The van der Waals surface area contributed by atoms with Crippen molar-refractivity contribution in [3.05, 3.63) is 53.6 Å². The highest BCUT2D eigenvalue weighted by atomic mass is 32.2. The van der Waals surface area contributed by atoms with Crippen LogP contribution in [0, 0.1) is 0 Å². The van der Waals surface area contributed by atoms with Crippen LogP contribution in [0.4, 0.5) is 11.4 Å². The number of sulfonamides is 1. The van der Waals surface area contributed by atoms with Gasteiger partial charge in [0.25, 0.3) is 5.91 Å². The Morgan fingerprint density at radius 2 is 1.79 bits per heavy atom. The molecule has 1 amide bonds. The first-order valence-corrected chi connectivity index (χ1v) is 12.8. The fourth-order valence-electron chi connectivity index (χ4n) is 4.29. The lowest BCUT2D eigenvalue weighted by molar-refractivity contribution is 0.0730. The van der Waals surface area contributed by atoms with Crippen molar-refractivity contribution in [3.63, 3.8) is 0 Å². The van der Waals surface area contributed by atoms with Gasteiger partial charge in [0.05, 0.1) is 36.1 Å². The standard InChI is InChI=1S/C24H31N3O5S/c1-31-18-19-6-5-7-20(16-19)24(28)25-22-17-21(33(29,30)27-12-14-32-15-13-27)8-9-23(22)26-10-3-2-4-11-26/h5-9,16-17H,2-4,10-15,18H2,1H3,(H,25,28). The predicted molar refractivity (Wildman–Crippen MR) is 127 cm³/mol. The van der Waals surface area contributed by atoms with E-state index in [1.54, 1.807) is 31.4 Å². The Bertz CT molecular complexity index is 1080. The molecule has 2 aliphatic rings. The summed E-state index contributed by atoms with van der Waals surface area (Å²) in [5.41, 5.74) is 2.74. The maximum Gasteiger partial charge on any atom is 0.255 e. The Kier molecular flexibility index (Phi) is 7.64. The number of benzene rings is 2. The molecule has 0 unspecified atom stereocenters. The molecule has 2 fully saturated rings. The number of carbonyl (C=O) groups excluding carboxylic acids is 1. The number of methoxy groups -OCH3 is 1. The Labute approximate surface area is 195 Å². The number of amides is 1. The first-order chi connectivity index (χ1) is 16.0. The van der Waals surface area contributed by atoms with Crippen molar-refractivity contribution < 1.29 is 22.7 Å². The number of hydrogen-bond acceptors (Lipinski definition) is 6. The molecule has 4 rings (SSSR count). The van der Waals surface area contributed by atoms with Crippen molar-refractivity contribution in [2.24, 2.45) is 0 Å². The lowest BCUT2D eigenvalue weighted by Gasteiger charge is -2.31. The van der Waals surface area contributed by atoms with Crippen LogP contribution in [0.3, 0.4) is 0 Å². The van der Waals surface area contributed by atoms with E-state index >= 15 is 0 Å². The average Bonchev–Trinajstić information content (AvgIpc) is 2.85. The minimum absolute atomic E-state index is 0.175. The molecule has 0 bridgehead atoms. The minimum Gasteiger partial charge on any atom is -0.380 e. The second-order valence-electron chi connectivity index (χ2n) is 8.33. The van der Waals surface area contributed by atoms with Gasteiger partial charge in [-0.3, -0.25) is 4.79 Å². The van der Waals surface area contributed by atoms with Crippen molar-refractivity contribution in [2.45, 2.75) is 30.8 Å². The molecule has 0 saturated carbocycles. The maximum absolute atomic E-state index is 13.2. The van der Waals surface area contributed by atoms with Crippen LogP contribution in [0.25, 0.3) is 0 Å². The van der Waals surface area contributed by atoms with Gasteiger partial charge in [-0.1, -0.05) is 12.1 Å². The number of ether oxygens (including phenoxy) is 2.